The van der Waals surface area contributed by atoms with E-state index in [-0.39, 0.29) is 5.91 Å². The Morgan fingerprint density at radius 2 is 1.68 bits per heavy atom. The van der Waals surface area contributed by atoms with Crippen molar-refractivity contribution in [2.75, 3.05) is 18.5 Å². The third-order valence-electron chi connectivity index (χ3n) is 4.46. The van der Waals surface area contributed by atoms with Crippen LogP contribution in [0.25, 0.3) is 0 Å². The molecule has 1 amide bonds. The van der Waals surface area contributed by atoms with Crippen molar-refractivity contribution in [1.82, 2.24) is 0 Å². The van der Waals surface area contributed by atoms with Crippen LogP contribution in [0.1, 0.15) is 63.2 Å². The Morgan fingerprint density at radius 1 is 0.929 bits per heavy atom. The molecule has 2 aromatic carbocycles. The molecule has 2 rings (SSSR count). The molecule has 0 bridgehead atoms. The highest BCUT2D eigenvalue weighted by Crippen LogP contribution is 2.22. The average Bonchev–Trinajstić information content (AvgIpc) is 2.69. The van der Waals surface area contributed by atoms with E-state index in [1.54, 1.807) is 6.07 Å². The van der Waals surface area contributed by atoms with Crippen LogP contribution < -0.4 is 14.8 Å². The fraction of sp³-hybridized carbons (Fsp3) is 0.458. The summed E-state index contributed by atoms with van der Waals surface area (Å²) in [4.78, 5) is 12.7. The van der Waals surface area contributed by atoms with Crippen LogP contribution in [0, 0.1) is 5.92 Å². The van der Waals surface area contributed by atoms with Crippen molar-refractivity contribution < 1.29 is 14.3 Å². The number of para-hydroxylation sites is 1. The van der Waals surface area contributed by atoms with Crippen LogP contribution in [0.2, 0.25) is 0 Å². The molecule has 0 aliphatic carbocycles. The van der Waals surface area contributed by atoms with Gasteiger partial charge in [0.2, 0.25) is 0 Å². The molecule has 0 spiro atoms. The first-order chi connectivity index (χ1) is 13.6. The summed E-state index contributed by atoms with van der Waals surface area (Å²) in [7, 11) is 0. The summed E-state index contributed by atoms with van der Waals surface area (Å²) >= 11 is 0. The normalized spacial score (nSPS) is 10.7. The van der Waals surface area contributed by atoms with Gasteiger partial charge in [-0.05, 0) is 55.2 Å². The highest BCUT2D eigenvalue weighted by atomic mass is 16.5. The number of carbonyl (C=O) groups excluding carboxylic acids is 1. The summed E-state index contributed by atoms with van der Waals surface area (Å²) in [6.07, 6.45) is 5.58. The van der Waals surface area contributed by atoms with E-state index in [0.717, 1.165) is 30.7 Å². The smallest absolute Gasteiger partial charge is 0.259 e. The van der Waals surface area contributed by atoms with E-state index >= 15 is 0 Å². The predicted molar refractivity (Wildman–Crippen MR) is 115 cm³/mol. The second-order valence-corrected chi connectivity index (χ2v) is 7.41. The van der Waals surface area contributed by atoms with Crippen LogP contribution in [0.3, 0.4) is 0 Å². The summed E-state index contributed by atoms with van der Waals surface area (Å²) in [6, 6.07) is 14.9. The van der Waals surface area contributed by atoms with E-state index in [0.29, 0.717) is 30.4 Å². The molecule has 0 atom stereocenters. The van der Waals surface area contributed by atoms with Crippen molar-refractivity contribution in [1.29, 1.82) is 0 Å². The summed E-state index contributed by atoms with van der Waals surface area (Å²) in [6.45, 7) is 7.87. The molecule has 0 aliphatic heterocycles. The van der Waals surface area contributed by atoms with Crippen LogP contribution in [0.15, 0.2) is 48.5 Å². The molecule has 4 heteroatoms. The molecule has 0 saturated carbocycles. The second kappa shape index (κ2) is 12.1. The molecule has 2 aromatic rings. The zero-order valence-electron chi connectivity index (χ0n) is 17.4. The number of unbranched alkanes of at least 4 members (excludes halogenated alkanes) is 3. The lowest BCUT2D eigenvalue weighted by Gasteiger charge is -2.12. The lowest BCUT2D eigenvalue weighted by Crippen LogP contribution is -2.14. The van der Waals surface area contributed by atoms with Crippen molar-refractivity contribution in [3.63, 3.8) is 0 Å². The van der Waals surface area contributed by atoms with Gasteiger partial charge in [-0.2, -0.15) is 0 Å². The van der Waals surface area contributed by atoms with Gasteiger partial charge in [-0.3, -0.25) is 4.79 Å². The molecular weight excluding hydrogens is 350 g/mol. The van der Waals surface area contributed by atoms with Crippen LogP contribution in [-0.4, -0.2) is 19.1 Å². The minimum Gasteiger partial charge on any atom is -0.494 e. The van der Waals surface area contributed by atoms with Crippen LogP contribution in [0.4, 0.5) is 5.69 Å². The van der Waals surface area contributed by atoms with Gasteiger partial charge in [0.1, 0.15) is 11.5 Å². The number of hydrogen-bond acceptors (Lipinski definition) is 3. The summed E-state index contributed by atoms with van der Waals surface area (Å²) in [5.74, 6) is 1.89. The molecule has 0 unspecified atom stereocenters. The molecule has 152 valence electrons. The van der Waals surface area contributed by atoms with Gasteiger partial charge in [-0.25, -0.2) is 0 Å². The second-order valence-electron chi connectivity index (χ2n) is 7.41. The van der Waals surface area contributed by atoms with Crippen LogP contribution in [0.5, 0.6) is 11.5 Å². The van der Waals surface area contributed by atoms with Gasteiger partial charge in [-0.1, -0.05) is 52.2 Å². The molecule has 0 aromatic heterocycles. The Morgan fingerprint density at radius 3 is 2.39 bits per heavy atom. The Kier molecular flexibility index (Phi) is 9.40. The fourth-order valence-electron chi connectivity index (χ4n) is 2.74. The topological polar surface area (TPSA) is 47.6 Å². The minimum atomic E-state index is -0.169. The predicted octanol–water partition coefficient (Wildman–Crippen LogP) is 6.32. The molecular formula is C24H33NO3. The Balaban J connectivity index is 1.90. The minimum absolute atomic E-state index is 0.169. The van der Waals surface area contributed by atoms with Crippen molar-refractivity contribution in [3.8, 4) is 11.5 Å². The maximum atomic E-state index is 12.7. The molecule has 1 N–H and O–H groups in total. The van der Waals surface area contributed by atoms with Gasteiger partial charge in [0, 0.05) is 5.69 Å². The first kappa shape index (κ1) is 21.8. The summed E-state index contributed by atoms with van der Waals surface area (Å²) in [5, 5.41) is 2.94. The zero-order valence-corrected chi connectivity index (χ0v) is 17.4. The monoisotopic (exact) mass is 383 g/mol. The number of nitrogens with one attached hydrogen (secondary N) is 1. The number of hydrogen-bond donors (Lipinski definition) is 1. The van der Waals surface area contributed by atoms with Crippen molar-refractivity contribution in [2.24, 2.45) is 5.92 Å². The third-order valence-corrected chi connectivity index (χ3v) is 4.46. The van der Waals surface area contributed by atoms with Gasteiger partial charge in [-0.15, -0.1) is 0 Å². The molecule has 0 radical (unpaired) electrons. The van der Waals surface area contributed by atoms with E-state index in [9.17, 15) is 4.79 Å². The maximum absolute atomic E-state index is 12.7. The Hall–Kier alpha value is -2.49. The maximum Gasteiger partial charge on any atom is 0.259 e. The van der Waals surface area contributed by atoms with Gasteiger partial charge in [0.15, 0.2) is 0 Å². The number of carbonyl (C=O) groups is 1. The van der Waals surface area contributed by atoms with Crippen LogP contribution in [-0.2, 0) is 0 Å². The highest BCUT2D eigenvalue weighted by molar-refractivity contribution is 6.06. The van der Waals surface area contributed by atoms with Gasteiger partial charge in [0.25, 0.3) is 5.91 Å². The Bertz CT molecular complexity index is 710. The summed E-state index contributed by atoms with van der Waals surface area (Å²) < 4.78 is 11.6. The molecule has 4 nitrogen and oxygen atoms in total. The van der Waals surface area contributed by atoms with Gasteiger partial charge in [0.05, 0.1) is 18.8 Å². The van der Waals surface area contributed by atoms with E-state index in [2.05, 4.69) is 26.1 Å². The first-order valence-corrected chi connectivity index (χ1v) is 10.4. The van der Waals surface area contributed by atoms with Crippen LogP contribution >= 0.6 is 0 Å². The average molecular weight is 384 g/mol. The quantitative estimate of drug-likeness (QED) is 0.436. The first-order valence-electron chi connectivity index (χ1n) is 10.4. The largest absolute Gasteiger partial charge is 0.494 e. The highest BCUT2D eigenvalue weighted by Gasteiger charge is 2.12. The fourth-order valence-corrected chi connectivity index (χ4v) is 2.74. The van der Waals surface area contributed by atoms with Crippen molar-refractivity contribution >= 4 is 11.6 Å². The van der Waals surface area contributed by atoms with Crippen molar-refractivity contribution in [2.45, 2.75) is 52.9 Å². The number of rotatable bonds is 12. The summed E-state index contributed by atoms with van der Waals surface area (Å²) in [5.41, 5.74) is 1.29. The lowest BCUT2D eigenvalue weighted by atomic mass is 10.1. The molecule has 0 saturated heterocycles. The Labute approximate surface area is 169 Å². The number of ether oxygens (including phenoxy) is 2. The van der Waals surface area contributed by atoms with E-state index in [4.69, 9.17) is 9.47 Å². The van der Waals surface area contributed by atoms with E-state index in [1.165, 1.54) is 12.8 Å². The molecule has 28 heavy (non-hydrogen) atoms. The SMILES string of the molecule is CCCCCCOc1ccccc1C(=O)Nc1ccc(OCCC(C)C)cc1. The lowest BCUT2D eigenvalue weighted by molar-refractivity contribution is 0.102. The molecule has 0 fully saturated rings. The molecule has 0 heterocycles. The van der Waals surface area contributed by atoms with Gasteiger partial charge < -0.3 is 14.8 Å². The van der Waals surface area contributed by atoms with Gasteiger partial charge >= 0.3 is 0 Å². The number of benzene rings is 2. The zero-order chi connectivity index (χ0) is 20.2. The standard InChI is InChI=1S/C24H33NO3/c1-4-5-6-9-17-28-23-11-8-7-10-22(23)24(26)25-20-12-14-21(15-13-20)27-18-16-19(2)3/h7-8,10-15,19H,4-6,9,16-18H2,1-3H3,(H,25,26). The molecule has 0 aliphatic rings. The number of anilines is 1. The van der Waals surface area contributed by atoms with E-state index in [1.807, 2.05) is 42.5 Å². The number of amides is 1. The third kappa shape index (κ3) is 7.63. The van der Waals surface area contributed by atoms with E-state index < -0.39 is 0 Å². The van der Waals surface area contributed by atoms with Crippen molar-refractivity contribution in [3.05, 3.63) is 54.1 Å².